The number of amides is 2. The van der Waals surface area contributed by atoms with E-state index >= 15 is 0 Å². The molecule has 5 nitrogen and oxygen atoms in total. The first-order valence-corrected chi connectivity index (χ1v) is 9.77. The molecule has 0 saturated carbocycles. The molecule has 0 saturated heterocycles. The summed E-state index contributed by atoms with van der Waals surface area (Å²) in [5, 5.41) is 0. The monoisotopic (exact) mass is 380 g/mol. The molecule has 0 unspecified atom stereocenters. The minimum Gasteiger partial charge on any atom is -0.489 e. The number of benzene rings is 2. The van der Waals surface area contributed by atoms with E-state index < -0.39 is 5.41 Å². The summed E-state index contributed by atoms with van der Waals surface area (Å²) in [5.74, 6) is 0.303. The fourth-order valence-electron chi connectivity index (χ4n) is 3.44. The molecule has 0 bridgehead atoms. The highest BCUT2D eigenvalue weighted by Crippen LogP contribution is 2.40. The molecule has 1 aliphatic heterocycles. The lowest BCUT2D eigenvalue weighted by atomic mass is 9.90. The van der Waals surface area contributed by atoms with Crippen LogP contribution in [0, 0.1) is 5.41 Å². The molecule has 1 aliphatic rings. The Balaban J connectivity index is 1.95. The highest BCUT2D eigenvalue weighted by Gasteiger charge is 2.45. The van der Waals surface area contributed by atoms with Crippen LogP contribution in [0.3, 0.4) is 0 Å². The summed E-state index contributed by atoms with van der Waals surface area (Å²) >= 11 is 0. The third-order valence-electron chi connectivity index (χ3n) is 5.20. The molecule has 2 amide bonds. The second-order valence-electron chi connectivity index (χ2n) is 7.72. The van der Waals surface area contributed by atoms with E-state index in [2.05, 4.69) is 6.92 Å². The Kier molecular flexibility index (Phi) is 5.73. The van der Waals surface area contributed by atoms with Crippen molar-refractivity contribution in [2.24, 2.45) is 5.41 Å². The molecule has 28 heavy (non-hydrogen) atoms. The van der Waals surface area contributed by atoms with E-state index in [4.69, 9.17) is 4.74 Å². The number of hydrogen-bond donors (Lipinski definition) is 0. The minimum atomic E-state index is -1.10. The largest absolute Gasteiger partial charge is 0.489 e. The molecular formula is C23H28N2O3. The van der Waals surface area contributed by atoms with Crippen LogP contribution in [0.15, 0.2) is 48.5 Å². The van der Waals surface area contributed by atoms with Crippen LogP contribution in [-0.2, 0) is 16.2 Å². The number of rotatable bonds is 6. The SMILES string of the molecule is CCCCN1C(=O)C(C)(C)C(=O)N(C)c2cc(OCc3ccccc3)ccc21. The molecule has 0 radical (unpaired) electrons. The number of nitrogens with zero attached hydrogens (tertiary/aromatic N) is 2. The van der Waals surface area contributed by atoms with E-state index in [9.17, 15) is 9.59 Å². The Hall–Kier alpha value is -2.82. The summed E-state index contributed by atoms with van der Waals surface area (Å²) in [5.41, 5.74) is 1.42. The summed E-state index contributed by atoms with van der Waals surface area (Å²) < 4.78 is 5.94. The first kappa shape index (κ1) is 19.9. The van der Waals surface area contributed by atoms with Gasteiger partial charge in [-0.15, -0.1) is 0 Å². The van der Waals surface area contributed by atoms with E-state index in [1.165, 1.54) is 0 Å². The van der Waals surface area contributed by atoms with Crippen molar-refractivity contribution in [1.29, 1.82) is 0 Å². The molecule has 2 aromatic carbocycles. The second-order valence-corrected chi connectivity index (χ2v) is 7.72. The molecule has 148 valence electrons. The summed E-state index contributed by atoms with van der Waals surface area (Å²) in [6, 6.07) is 15.5. The first-order chi connectivity index (χ1) is 13.4. The quantitative estimate of drug-likeness (QED) is 0.698. The van der Waals surface area contributed by atoms with Crippen LogP contribution in [0.25, 0.3) is 0 Å². The zero-order chi connectivity index (χ0) is 20.3. The second kappa shape index (κ2) is 8.05. The zero-order valence-electron chi connectivity index (χ0n) is 17.1. The molecule has 0 atom stereocenters. The molecule has 2 aromatic rings. The average Bonchev–Trinajstić information content (AvgIpc) is 2.76. The van der Waals surface area contributed by atoms with Crippen molar-refractivity contribution in [3.05, 3.63) is 54.1 Å². The van der Waals surface area contributed by atoms with Gasteiger partial charge in [0, 0.05) is 19.7 Å². The van der Waals surface area contributed by atoms with Crippen molar-refractivity contribution in [2.45, 2.75) is 40.2 Å². The summed E-state index contributed by atoms with van der Waals surface area (Å²) in [7, 11) is 1.72. The highest BCUT2D eigenvalue weighted by molar-refractivity contribution is 6.20. The summed E-state index contributed by atoms with van der Waals surface area (Å²) in [6.07, 6.45) is 1.85. The topological polar surface area (TPSA) is 49.9 Å². The minimum absolute atomic E-state index is 0.158. The van der Waals surface area contributed by atoms with Crippen molar-refractivity contribution >= 4 is 23.2 Å². The molecule has 1 heterocycles. The Morgan fingerprint density at radius 3 is 2.36 bits per heavy atom. The molecule has 5 heteroatoms. The van der Waals surface area contributed by atoms with Gasteiger partial charge in [-0.1, -0.05) is 43.7 Å². The third kappa shape index (κ3) is 3.75. The van der Waals surface area contributed by atoms with Gasteiger partial charge in [-0.2, -0.15) is 0 Å². The number of carbonyl (C=O) groups is 2. The van der Waals surface area contributed by atoms with Crippen molar-refractivity contribution in [2.75, 3.05) is 23.4 Å². The highest BCUT2D eigenvalue weighted by atomic mass is 16.5. The fraction of sp³-hybridized carbons (Fsp3) is 0.391. The molecule has 0 N–H and O–H groups in total. The van der Waals surface area contributed by atoms with Crippen LogP contribution in [0.5, 0.6) is 5.75 Å². The van der Waals surface area contributed by atoms with Crippen LogP contribution in [-0.4, -0.2) is 25.4 Å². The van der Waals surface area contributed by atoms with Gasteiger partial charge in [0.05, 0.1) is 11.4 Å². The van der Waals surface area contributed by atoms with Crippen LogP contribution in [0.2, 0.25) is 0 Å². The lowest BCUT2D eigenvalue weighted by Gasteiger charge is -2.28. The number of anilines is 2. The molecule has 0 fully saturated rings. The number of unbranched alkanes of at least 4 members (excludes halogenated alkanes) is 1. The predicted molar refractivity (Wildman–Crippen MR) is 112 cm³/mol. The van der Waals surface area contributed by atoms with E-state index in [1.54, 1.807) is 30.7 Å². The molecule has 0 spiro atoms. The zero-order valence-corrected chi connectivity index (χ0v) is 17.1. The van der Waals surface area contributed by atoms with Gasteiger partial charge < -0.3 is 14.5 Å². The smallest absolute Gasteiger partial charge is 0.242 e. The van der Waals surface area contributed by atoms with Crippen molar-refractivity contribution < 1.29 is 14.3 Å². The Bertz CT molecular complexity index is 861. The normalized spacial score (nSPS) is 16.0. The average molecular weight is 380 g/mol. The Morgan fingerprint density at radius 2 is 1.68 bits per heavy atom. The van der Waals surface area contributed by atoms with E-state index in [-0.39, 0.29) is 11.8 Å². The van der Waals surface area contributed by atoms with Gasteiger partial charge in [-0.3, -0.25) is 9.59 Å². The van der Waals surface area contributed by atoms with Gasteiger partial charge in [0.25, 0.3) is 0 Å². The number of hydrogen-bond acceptors (Lipinski definition) is 3. The maximum Gasteiger partial charge on any atom is 0.242 e. The van der Waals surface area contributed by atoms with Gasteiger partial charge >= 0.3 is 0 Å². The van der Waals surface area contributed by atoms with Crippen molar-refractivity contribution in [3.8, 4) is 5.75 Å². The van der Waals surface area contributed by atoms with Gasteiger partial charge in [0.1, 0.15) is 17.8 Å². The summed E-state index contributed by atoms with van der Waals surface area (Å²) in [6.45, 7) is 6.53. The van der Waals surface area contributed by atoms with Crippen LogP contribution in [0.1, 0.15) is 39.2 Å². The standard InChI is InChI=1S/C23H28N2O3/c1-5-6-14-25-19-13-12-18(28-16-17-10-8-7-9-11-17)15-20(19)24(4)21(26)23(2,3)22(25)27/h7-13,15H,5-6,14,16H2,1-4H3. The lowest BCUT2D eigenvalue weighted by Crippen LogP contribution is -2.47. The van der Waals surface area contributed by atoms with Gasteiger partial charge in [0.2, 0.25) is 11.8 Å². The van der Waals surface area contributed by atoms with Gasteiger partial charge in [-0.05, 0) is 38.0 Å². The van der Waals surface area contributed by atoms with Crippen molar-refractivity contribution in [3.63, 3.8) is 0 Å². The van der Waals surface area contributed by atoms with Crippen LogP contribution in [0.4, 0.5) is 11.4 Å². The van der Waals surface area contributed by atoms with Crippen LogP contribution >= 0.6 is 0 Å². The molecule has 3 rings (SSSR count). The third-order valence-corrected chi connectivity index (χ3v) is 5.20. The summed E-state index contributed by atoms with van der Waals surface area (Å²) in [4.78, 5) is 29.5. The Morgan fingerprint density at radius 1 is 0.964 bits per heavy atom. The van der Waals surface area contributed by atoms with Crippen LogP contribution < -0.4 is 14.5 Å². The number of fused-ring (bicyclic) bond motifs is 1. The van der Waals surface area contributed by atoms with Gasteiger partial charge in [-0.25, -0.2) is 0 Å². The molecular weight excluding hydrogens is 352 g/mol. The fourth-order valence-corrected chi connectivity index (χ4v) is 3.44. The van der Waals surface area contributed by atoms with E-state index in [0.29, 0.717) is 24.6 Å². The van der Waals surface area contributed by atoms with Gasteiger partial charge in [0.15, 0.2) is 0 Å². The van der Waals surface area contributed by atoms with E-state index in [0.717, 1.165) is 24.1 Å². The number of ether oxygens (including phenoxy) is 1. The molecule has 0 aromatic heterocycles. The maximum absolute atomic E-state index is 13.1. The maximum atomic E-state index is 13.1. The Labute approximate surface area is 166 Å². The predicted octanol–water partition coefficient (Wildman–Crippen LogP) is 4.40. The first-order valence-electron chi connectivity index (χ1n) is 9.77. The lowest BCUT2D eigenvalue weighted by molar-refractivity contribution is -0.137. The van der Waals surface area contributed by atoms with Crippen molar-refractivity contribution in [1.82, 2.24) is 0 Å². The molecule has 0 aliphatic carbocycles. The number of carbonyl (C=O) groups excluding carboxylic acids is 2. The van der Waals surface area contributed by atoms with E-state index in [1.807, 2.05) is 48.5 Å².